The van der Waals surface area contributed by atoms with Crippen molar-refractivity contribution in [2.24, 2.45) is 5.92 Å². The zero-order chi connectivity index (χ0) is 24.5. The summed E-state index contributed by atoms with van der Waals surface area (Å²) in [7, 11) is 0. The van der Waals surface area contributed by atoms with Crippen LogP contribution in [-0.4, -0.2) is 53.7 Å². The van der Waals surface area contributed by atoms with Gasteiger partial charge in [-0.15, -0.1) is 0 Å². The number of halogens is 4. The number of carbonyl (C=O) groups excluding carboxylic acids is 2. The maximum atomic E-state index is 12.8. The van der Waals surface area contributed by atoms with Gasteiger partial charge in [0.2, 0.25) is 5.91 Å². The van der Waals surface area contributed by atoms with Crippen LogP contribution < -0.4 is 20.3 Å². The quantitative estimate of drug-likeness (QED) is 0.605. The molecule has 1 saturated carbocycles. The van der Waals surface area contributed by atoms with Crippen molar-refractivity contribution >= 4 is 35.1 Å². The SMILES string of the molecule is Cc1cc(C(=O)N[C@@H]2CCN(c3ncc(OCC(F)(F)F)cc3Cl)C2)cc(NC(=O)C2CC2)n1. The molecule has 12 heteroatoms. The van der Waals surface area contributed by atoms with Crippen LogP contribution in [0.15, 0.2) is 24.4 Å². The number of amides is 2. The number of ether oxygens (including phenoxy) is 1. The van der Waals surface area contributed by atoms with Gasteiger partial charge in [-0.05, 0) is 38.3 Å². The average molecular weight is 498 g/mol. The number of pyridine rings is 2. The van der Waals surface area contributed by atoms with Gasteiger partial charge in [-0.1, -0.05) is 11.6 Å². The molecule has 182 valence electrons. The molecule has 0 aromatic carbocycles. The number of hydrogen-bond donors (Lipinski definition) is 2. The Morgan fingerprint density at radius 3 is 2.68 bits per heavy atom. The lowest BCUT2D eigenvalue weighted by Gasteiger charge is -2.20. The van der Waals surface area contributed by atoms with E-state index < -0.39 is 12.8 Å². The second-order valence-corrected chi connectivity index (χ2v) is 8.84. The highest BCUT2D eigenvalue weighted by Gasteiger charge is 2.31. The van der Waals surface area contributed by atoms with Gasteiger partial charge in [0.25, 0.3) is 5.91 Å². The highest BCUT2D eigenvalue weighted by atomic mass is 35.5. The van der Waals surface area contributed by atoms with Crippen LogP contribution in [-0.2, 0) is 4.79 Å². The smallest absolute Gasteiger partial charge is 0.422 e. The molecule has 1 aliphatic carbocycles. The Labute approximate surface area is 198 Å². The first kappa shape index (κ1) is 24.1. The second kappa shape index (κ2) is 9.65. The second-order valence-electron chi connectivity index (χ2n) is 8.43. The molecule has 2 fully saturated rings. The number of nitrogens with zero attached hydrogens (tertiary/aromatic N) is 3. The summed E-state index contributed by atoms with van der Waals surface area (Å²) >= 11 is 6.22. The molecule has 2 aromatic heterocycles. The fourth-order valence-corrected chi connectivity index (χ4v) is 3.94. The summed E-state index contributed by atoms with van der Waals surface area (Å²) in [6, 6.07) is 4.29. The van der Waals surface area contributed by atoms with Crippen molar-refractivity contribution < 1.29 is 27.5 Å². The van der Waals surface area contributed by atoms with Crippen LogP contribution in [0, 0.1) is 12.8 Å². The number of hydrogen-bond acceptors (Lipinski definition) is 6. The predicted octanol–water partition coefficient (Wildman–Crippen LogP) is 3.74. The zero-order valence-electron chi connectivity index (χ0n) is 18.3. The standard InChI is InChI=1S/C22H23ClF3N5O3/c1-12-6-14(7-18(28-12)30-20(32)13-2-3-13)21(33)29-15-4-5-31(10-15)19-17(23)8-16(9-27-19)34-11-22(24,25)26/h6-9,13,15H,2-5,10-11H2,1H3,(H,29,33)(H,28,30,32)/t15-/m1/s1. The molecular formula is C22H23ClF3N5O3. The molecule has 34 heavy (non-hydrogen) atoms. The van der Waals surface area contributed by atoms with Gasteiger partial charge in [-0.2, -0.15) is 13.2 Å². The van der Waals surface area contributed by atoms with Gasteiger partial charge in [-0.3, -0.25) is 9.59 Å². The van der Waals surface area contributed by atoms with E-state index in [4.69, 9.17) is 11.6 Å². The highest BCUT2D eigenvalue weighted by molar-refractivity contribution is 6.33. The van der Waals surface area contributed by atoms with Gasteiger partial charge in [0.15, 0.2) is 6.61 Å². The molecule has 2 amide bonds. The Balaban J connectivity index is 1.35. The number of rotatable bonds is 7. The summed E-state index contributed by atoms with van der Waals surface area (Å²) in [4.78, 5) is 35.1. The highest BCUT2D eigenvalue weighted by Crippen LogP contribution is 2.31. The lowest BCUT2D eigenvalue weighted by Crippen LogP contribution is -2.37. The molecule has 0 radical (unpaired) electrons. The van der Waals surface area contributed by atoms with Crippen LogP contribution in [0.4, 0.5) is 24.8 Å². The van der Waals surface area contributed by atoms with Gasteiger partial charge in [0.1, 0.15) is 17.4 Å². The normalized spacial score (nSPS) is 18.0. The number of alkyl halides is 3. The van der Waals surface area contributed by atoms with E-state index in [1.165, 1.54) is 12.3 Å². The largest absolute Gasteiger partial charge is 0.482 e. The third-order valence-electron chi connectivity index (χ3n) is 5.44. The Bertz CT molecular complexity index is 1090. The topological polar surface area (TPSA) is 96.5 Å². The molecule has 3 heterocycles. The molecule has 8 nitrogen and oxygen atoms in total. The van der Waals surface area contributed by atoms with Gasteiger partial charge >= 0.3 is 6.18 Å². The molecule has 4 rings (SSSR count). The Morgan fingerprint density at radius 2 is 2.00 bits per heavy atom. The third-order valence-corrected chi connectivity index (χ3v) is 5.72. The van der Waals surface area contributed by atoms with E-state index in [9.17, 15) is 22.8 Å². The molecule has 0 bridgehead atoms. The zero-order valence-corrected chi connectivity index (χ0v) is 19.0. The number of aromatic nitrogens is 2. The lowest BCUT2D eigenvalue weighted by molar-refractivity contribution is -0.153. The molecule has 1 atom stereocenters. The molecule has 2 aliphatic rings. The van der Waals surface area contributed by atoms with Crippen LogP contribution in [0.25, 0.3) is 0 Å². The van der Waals surface area contributed by atoms with E-state index >= 15 is 0 Å². The van der Waals surface area contributed by atoms with Gasteiger partial charge in [0, 0.05) is 42.4 Å². The fourth-order valence-electron chi connectivity index (χ4n) is 3.67. The van der Waals surface area contributed by atoms with Crippen molar-refractivity contribution in [2.45, 2.75) is 38.4 Å². The molecule has 1 saturated heterocycles. The summed E-state index contributed by atoms with van der Waals surface area (Å²) in [6.45, 7) is 1.30. The van der Waals surface area contributed by atoms with E-state index in [-0.39, 0.29) is 34.5 Å². The Kier molecular flexibility index (Phi) is 6.83. The van der Waals surface area contributed by atoms with Gasteiger partial charge < -0.3 is 20.3 Å². The minimum Gasteiger partial charge on any atom is -0.482 e. The molecule has 0 unspecified atom stereocenters. The monoisotopic (exact) mass is 497 g/mol. The van der Waals surface area contributed by atoms with Gasteiger partial charge in [0.05, 0.1) is 11.2 Å². The van der Waals surface area contributed by atoms with E-state index in [1.807, 2.05) is 4.90 Å². The van der Waals surface area contributed by atoms with E-state index in [1.54, 1.807) is 19.1 Å². The molecule has 0 spiro atoms. The summed E-state index contributed by atoms with van der Waals surface area (Å²) in [5, 5.41) is 5.88. The van der Waals surface area contributed by atoms with Crippen molar-refractivity contribution in [3.05, 3.63) is 40.7 Å². The van der Waals surface area contributed by atoms with Crippen LogP contribution in [0.2, 0.25) is 5.02 Å². The molecular weight excluding hydrogens is 475 g/mol. The minimum absolute atomic E-state index is 0.0229. The maximum Gasteiger partial charge on any atom is 0.422 e. The Hall–Kier alpha value is -3.08. The first-order chi connectivity index (χ1) is 16.1. The third kappa shape index (κ3) is 6.28. The van der Waals surface area contributed by atoms with Crippen LogP contribution in [0.3, 0.4) is 0 Å². The van der Waals surface area contributed by atoms with Crippen molar-refractivity contribution in [2.75, 3.05) is 29.9 Å². The van der Waals surface area contributed by atoms with Crippen molar-refractivity contribution in [3.8, 4) is 5.75 Å². The molecule has 2 aromatic rings. The summed E-state index contributed by atoms with van der Waals surface area (Å²) in [5.41, 5.74) is 0.995. The van der Waals surface area contributed by atoms with Crippen LogP contribution in [0.5, 0.6) is 5.75 Å². The number of anilines is 2. The predicted molar refractivity (Wildman–Crippen MR) is 119 cm³/mol. The van der Waals surface area contributed by atoms with Crippen molar-refractivity contribution in [3.63, 3.8) is 0 Å². The van der Waals surface area contributed by atoms with Crippen molar-refractivity contribution in [1.29, 1.82) is 0 Å². The number of nitrogens with one attached hydrogen (secondary N) is 2. The van der Waals surface area contributed by atoms with Crippen molar-refractivity contribution in [1.82, 2.24) is 15.3 Å². The first-order valence-corrected chi connectivity index (χ1v) is 11.2. The fraction of sp³-hybridized carbons (Fsp3) is 0.455. The minimum atomic E-state index is -4.46. The Morgan fingerprint density at radius 1 is 1.24 bits per heavy atom. The van der Waals surface area contributed by atoms with E-state index in [2.05, 4.69) is 25.3 Å². The number of aryl methyl sites for hydroxylation is 1. The first-order valence-electron chi connectivity index (χ1n) is 10.8. The van der Waals surface area contributed by atoms with Crippen LogP contribution in [0.1, 0.15) is 35.3 Å². The van der Waals surface area contributed by atoms with E-state index in [0.29, 0.717) is 42.4 Å². The maximum absolute atomic E-state index is 12.8. The van der Waals surface area contributed by atoms with Crippen LogP contribution >= 0.6 is 11.6 Å². The summed E-state index contributed by atoms with van der Waals surface area (Å²) < 4.78 is 41.7. The summed E-state index contributed by atoms with van der Waals surface area (Å²) in [5.74, 6) is 0.313. The van der Waals surface area contributed by atoms with E-state index in [0.717, 1.165) is 12.8 Å². The average Bonchev–Trinajstić information content (AvgIpc) is 3.51. The number of carbonyl (C=O) groups is 2. The van der Waals surface area contributed by atoms with Gasteiger partial charge in [-0.25, -0.2) is 9.97 Å². The summed E-state index contributed by atoms with van der Waals surface area (Å²) in [6.07, 6.45) is -0.902. The lowest BCUT2D eigenvalue weighted by atomic mass is 10.2. The molecule has 2 N–H and O–H groups in total. The molecule has 1 aliphatic heterocycles.